The van der Waals surface area contributed by atoms with Gasteiger partial charge in [-0.15, -0.1) is 0 Å². The standard InChI is InChI=1S/C19H14F2N2O3S/c20-16-6-2-1-5-15(16)19(24)22-13-9-11-14(12-10-13)27(25,26)23-18-8-4-3-7-17(18)21/h1-12,23H,(H,22,24). The summed E-state index contributed by atoms with van der Waals surface area (Å²) in [7, 11) is -4.00. The number of hydrogen-bond acceptors (Lipinski definition) is 3. The van der Waals surface area contributed by atoms with E-state index in [1.807, 2.05) is 0 Å². The average Bonchev–Trinajstić information content (AvgIpc) is 2.64. The summed E-state index contributed by atoms with van der Waals surface area (Å²) >= 11 is 0. The number of hydrogen-bond donors (Lipinski definition) is 2. The van der Waals surface area contributed by atoms with Crippen molar-refractivity contribution in [1.29, 1.82) is 0 Å². The Morgan fingerprint density at radius 3 is 2.00 bits per heavy atom. The van der Waals surface area contributed by atoms with Crippen molar-refractivity contribution in [3.05, 3.63) is 90.0 Å². The number of carbonyl (C=O) groups excluding carboxylic acids is 1. The molecule has 3 aromatic rings. The SMILES string of the molecule is O=C(Nc1ccc(S(=O)(=O)Nc2ccccc2F)cc1)c1ccccc1F. The Bertz CT molecular complexity index is 1080. The van der Waals surface area contributed by atoms with Gasteiger partial charge in [-0.05, 0) is 48.5 Å². The molecule has 0 saturated heterocycles. The molecule has 5 nitrogen and oxygen atoms in total. The maximum absolute atomic E-state index is 13.6. The van der Waals surface area contributed by atoms with Gasteiger partial charge in [-0.1, -0.05) is 24.3 Å². The average molecular weight is 388 g/mol. The lowest BCUT2D eigenvalue weighted by Gasteiger charge is -2.10. The zero-order chi connectivity index (χ0) is 19.4. The van der Waals surface area contributed by atoms with E-state index in [1.165, 1.54) is 66.7 Å². The van der Waals surface area contributed by atoms with E-state index in [0.717, 1.165) is 6.07 Å². The van der Waals surface area contributed by atoms with Crippen molar-refractivity contribution < 1.29 is 22.0 Å². The van der Waals surface area contributed by atoms with Gasteiger partial charge >= 0.3 is 0 Å². The Morgan fingerprint density at radius 2 is 1.37 bits per heavy atom. The number of amides is 1. The molecule has 3 rings (SSSR count). The molecule has 0 bridgehead atoms. The highest BCUT2D eigenvalue weighted by Gasteiger charge is 2.17. The van der Waals surface area contributed by atoms with Crippen LogP contribution in [0, 0.1) is 11.6 Å². The maximum Gasteiger partial charge on any atom is 0.261 e. The summed E-state index contributed by atoms with van der Waals surface area (Å²) in [5, 5.41) is 2.48. The monoisotopic (exact) mass is 388 g/mol. The van der Waals surface area contributed by atoms with Crippen LogP contribution in [0.4, 0.5) is 20.2 Å². The Kier molecular flexibility index (Phi) is 5.18. The molecule has 0 aromatic heterocycles. The molecule has 1 amide bonds. The Morgan fingerprint density at radius 1 is 0.778 bits per heavy atom. The zero-order valence-electron chi connectivity index (χ0n) is 13.8. The molecule has 0 aliphatic rings. The number of anilines is 2. The maximum atomic E-state index is 13.6. The van der Waals surface area contributed by atoms with Crippen LogP contribution >= 0.6 is 0 Å². The highest BCUT2D eigenvalue weighted by Crippen LogP contribution is 2.20. The number of rotatable bonds is 5. The molecule has 0 unspecified atom stereocenters. The fourth-order valence-electron chi connectivity index (χ4n) is 2.31. The smallest absolute Gasteiger partial charge is 0.261 e. The quantitative estimate of drug-likeness (QED) is 0.693. The Hall–Kier alpha value is -3.26. The minimum absolute atomic E-state index is 0.116. The molecule has 0 saturated carbocycles. The predicted octanol–water partition coefficient (Wildman–Crippen LogP) is 4.02. The van der Waals surface area contributed by atoms with Crippen LogP contribution in [0.25, 0.3) is 0 Å². The minimum Gasteiger partial charge on any atom is -0.322 e. The number of carbonyl (C=O) groups is 1. The summed E-state index contributed by atoms with van der Waals surface area (Å²) in [6.07, 6.45) is 0. The topological polar surface area (TPSA) is 75.3 Å². The third kappa shape index (κ3) is 4.29. The molecule has 138 valence electrons. The van der Waals surface area contributed by atoms with Gasteiger partial charge in [-0.25, -0.2) is 17.2 Å². The van der Waals surface area contributed by atoms with E-state index in [9.17, 15) is 22.0 Å². The van der Waals surface area contributed by atoms with Gasteiger partial charge < -0.3 is 5.32 Å². The van der Waals surface area contributed by atoms with Crippen LogP contribution in [0.1, 0.15) is 10.4 Å². The van der Waals surface area contributed by atoms with Gasteiger partial charge in [-0.3, -0.25) is 9.52 Å². The summed E-state index contributed by atoms with van der Waals surface area (Å²) in [6.45, 7) is 0. The molecular formula is C19H14F2N2O3S. The van der Waals surface area contributed by atoms with Crippen molar-refractivity contribution in [2.45, 2.75) is 4.90 Å². The van der Waals surface area contributed by atoms with Gasteiger partial charge in [0.2, 0.25) is 0 Å². The van der Waals surface area contributed by atoms with Gasteiger partial charge in [-0.2, -0.15) is 0 Å². The number of nitrogens with one attached hydrogen (secondary N) is 2. The molecule has 0 heterocycles. The minimum atomic E-state index is -4.00. The summed E-state index contributed by atoms with van der Waals surface area (Å²) in [4.78, 5) is 12.0. The summed E-state index contributed by atoms with van der Waals surface area (Å²) < 4.78 is 54.1. The zero-order valence-corrected chi connectivity index (χ0v) is 14.6. The van der Waals surface area contributed by atoms with Crippen molar-refractivity contribution in [1.82, 2.24) is 0 Å². The van der Waals surface area contributed by atoms with Gasteiger partial charge in [0.25, 0.3) is 15.9 Å². The molecule has 0 atom stereocenters. The first kappa shape index (κ1) is 18.5. The summed E-state index contributed by atoms with van der Waals surface area (Å²) in [5.74, 6) is -2.02. The van der Waals surface area contributed by atoms with Crippen LogP contribution in [0.5, 0.6) is 0 Å². The molecule has 0 radical (unpaired) electrons. The fraction of sp³-hybridized carbons (Fsp3) is 0. The van der Waals surface area contributed by atoms with E-state index in [0.29, 0.717) is 0 Å². The van der Waals surface area contributed by atoms with Crippen molar-refractivity contribution in [2.24, 2.45) is 0 Å². The van der Waals surface area contributed by atoms with Crippen molar-refractivity contribution in [3.63, 3.8) is 0 Å². The molecule has 0 spiro atoms. The first-order chi connectivity index (χ1) is 12.9. The second-order valence-electron chi connectivity index (χ2n) is 5.54. The Labute approximate surface area is 154 Å². The highest BCUT2D eigenvalue weighted by atomic mass is 32.2. The van der Waals surface area contributed by atoms with E-state index in [-0.39, 0.29) is 21.8 Å². The van der Waals surface area contributed by atoms with Gasteiger partial charge in [0.1, 0.15) is 11.6 Å². The van der Waals surface area contributed by atoms with E-state index >= 15 is 0 Å². The van der Waals surface area contributed by atoms with E-state index < -0.39 is 27.6 Å². The summed E-state index contributed by atoms with van der Waals surface area (Å²) in [6, 6.07) is 16.1. The van der Waals surface area contributed by atoms with Gasteiger partial charge in [0.05, 0.1) is 16.1 Å². The number of para-hydroxylation sites is 1. The molecule has 2 N–H and O–H groups in total. The van der Waals surface area contributed by atoms with Crippen LogP contribution in [0.15, 0.2) is 77.7 Å². The van der Waals surface area contributed by atoms with Crippen molar-refractivity contribution >= 4 is 27.3 Å². The van der Waals surface area contributed by atoms with Crippen molar-refractivity contribution in [3.8, 4) is 0 Å². The van der Waals surface area contributed by atoms with E-state index in [4.69, 9.17) is 0 Å². The van der Waals surface area contributed by atoms with Crippen LogP contribution < -0.4 is 10.0 Å². The molecule has 8 heteroatoms. The van der Waals surface area contributed by atoms with Gasteiger partial charge in [0.15, 0.2) is 0 Å². The van der Waals surface area contributed by atoms with E-state index in [1.54, 1.807) is 0 Å². The van der Waals surface area contributed by atoms with Crippen LogP contribution in [-0.2, 0) is 10.0 Å². The number of benzene rings is 3. The molecule has 0 fully saturated rings. The second-order valence-corrected chi connectivity index (χ2v) is 7.23. The van der Waals surface area contributed by atoms with Crippen LogP contribution in [-0.4, -0.2) is 14.3 Å². The molecular weight excluding hydrogens is 374 g/mol. The van der Waals surface area contributed by atoms with Crippen molar-refractivity contribution in [2.75, 3.05) is 10.0 Å². The number of halogens is 2. The first-order valence-corrected chi connectivity index (χ1v) is 9.28. The normalized spacial score (nSPS) is 11.0. The molecule has 3 aromatic carbocycles. The van der Waals surface area contributed by atoms with E-state index in [2.05, 4.69) is 10.0 Å². The highest BCUT2D eigenvalue weighted by molar-refractivity contribution is 7.92. The largest absolute Gasteiger partial charge is 0.322 e. The predicted molar refractivity (Wildman–Crippen MR) is 98.0 cm³/mol. The molecule has 0 aliphatic carbocycles. The summed E-state index contributed by atoms with van der Waals surface area (Å²) in [5.41, 5.74) is -0.0158. The molecule has 0 aliphatic heterocycles. The molecule has 27 heavy (non-hydrogen) atoms. The lowest BCUT2D eigenvalue weighted by Crippen LogP contribution is -2.15. The van der Waals surface area contributed by atoms with Gasteiger partial charge in [0, 0.05) is 5.69 Å². The lowest BCUT2D eigenvalue weighted by molar-refractivity contribution is 0.102. The third-order valence-electron chi connectivity index (χ3n) is 3.66. The lowest BCUT2D eigenvalue weighted by atomic mass is 10.2. The third-order valence-corrected chi connectivity index (χ3v) is 5.04. The first-order valence-electron chi connectivity index (χ1n) is 7.80. The number of sulfonamides is 1. The van der Waals surface area contributed by atoms with Crippen LogP contribution in [0.3, 0.4) is 0 Å². The van der Waals surface area contributed by atoms with Crippen LogP contribution in [0.2, 0.25) is 0 Å². The Balaban J connectivity index is 1.76. The second kappa shape index (κ2) is 7.55. The fourth-order valence-corrected chi connectivity index (χ4v) is 3.38.